The highest BCUT2D eigenvalue weighted by Gasteiger charge is 2.29. The van der Waals surface area contributed by atoms with Gasteiger partial charge in [-0.05, 0) is 24.3 Å². The summed E-state index contributed by atoms with van der Waals surface area (Å²) in [7, 11) is 1.54. The molecule has 0 bridgehead atoms. The van der Waals surface area contributed by atoms with Gasteiger partial charge in [-0.1, -0.05) is 30.3 Å². The fourth-order valence-electron chi connectivity index (χ4n) is 3.61. The third-order valence-corrected chi connectivity index (χ3v) is 5.05. The van der Waals surface area contributed by atoms with Gasteiger partial charge in [0, 0.05) is 16.8 Å². The van der Waals surface area contributed by atoms with Crippen LogP contribution in [-0.4, -0.2) is 25.0 Å². The van der Waals surface area contributed by atoms with Gasteiger partial charge in [-0.25, -0.2) is 0 Å². The summed E-state index contributed by atoms with van der Waals surface area (Å²) < 4.78 is 17.0. The molecular formula is C23H18N2O5. The number of para-hydroxylation sites is 3. The first-order valence-electron chi connectivity index (χ1n) is 9.48. The molecule has 0 fully saturated rings. The van der Waals surface area contributed by atoms with Gasteiger partial charge in [0.2, 0.25) is 5.91 Å². The minimum absolute atomic E-state index is 0.137. The van der Waals surface area contributed by atoms with Crippen molar-refractivity contribution in [1.29, 1.82) is 0 Å². The molecule has 7 nitrogen and oxygen atoms in total. The number of nitrogens with one attached hydrogen (secondary N) is 2. The molecule has 0 spiro atoms. The standard InChI is InChI=1S/C23H18N2O5/c1-28-20-10-14-13-6-2-4-8-17(13)29-19(14)11-16(20)24-22(26)12-21-23(27)25-15-7-3-5-9-18(15)30-21/h2-11,21H,12H2,1H3,(H,24,26)(H,25,27)/t21-/m1/s1. The van der Waals surface area contributed by atoms with Crippen LogP contribution < -0.4 is 20.1 Å². The fraction of sp³-hybridized carbons (Fsp3) is 0.130. The maximum atomic E-state index is 12.7. The minimum atomic E-state index is -0.916. The molecule has 5 rings (SSSR count). The van der Waals surface area contributed by atoms with Crippen molar-refractivity contribution >= 4 is 45.1 Å². The summed E-state index contributed by atoms with van der Waals surface area (Å²) in [4.78, 5) is 24.9. The maximum Gasteiger partial charge on any atom is 0.266 e. The number of carbonyl (C=O) groups excluding carboxylic acids is 2. The van der Waals surface area contributed by atoms with E-state index in [1.807, 2.05) is 30.3 Å². The monoisotopic (exact) mass is 402 g/mol. The van der Waals surface area contributed by atoms with Crippen LogP contribution in [0, 0.1) is 0 Å². The number of ether oxygens (including phenoxy) is 2. The van der Waals surface area contributed by atoms with Crippen LogP contribution in [0.1, 0.15) is 6.42 Å². The van der Waals surface area contributed by atoms with Gasteiger partial charge in [0.25, 0.3) is 5.91 Å². The van der Waals surface area contributed by atoms with E-state index in [4.69, 9.17) is 13.9 Å². The Hall–Kier alpha value is -4.00. The average Bonchev–Trinajstić information content (AvgIpc) is 3.11. The molecule has 1 aliphatic rings. The van der Waals surface area contributed by atoms with Gasteiger partial charge in [0.15, 0.2) is 6.10 Å². The second-order valence-electron chi connectivity index (χ2n) is 6.99. The second kappa shape index (κ2) is 7.11. The average molecular weight is 402 g/mol. The van der Waals surface area contributed by atoms with E-state index < -0.39 is 6.10 Å². The molecule has 0 saturated heterocycles. The lowest BCUT2D eigenvalue weighted by Crippen LogP contribution is -2.39. The Kier molecular flexibility index (Phi) is 4.28. The molecule has 0 unspecified atom stereocenters. The van der Waals surface area contributed by atoms with Crippen molar-refractivity contribution in [2.75, 3.05) is 17.7 Å². The summed E-state index contributed by atoms with van der Waals surface area (Å²) in [6, 6.07) is 18.4. The zero-order valence-corrected chi connectivity index (χ0v) is 16.1. The first-order chi connectivity index (χ1) is 14.6. The van der Waals surface area contributed by atoms with Crippen molar-refractivity contribution in [2.24, 2.45) is 0 Å². The second-order valence-corrected chi connectivity index (χ2v) is 6.99. The number of amides is 2. The van der Waals surface area contributed by atoms with Crippen molar-refractivity contribution in [3.05, 3.63) is 60.7 Å². The van der Waals surface area contributed by atoms with Crippen LogP contribution in [0.25, 0.3) is 21.9 Å². The first kappa shape index (κ1) is 18.1. The molecule has 0 saturated carbocycles. The van der Waals surface area contributed by atoms with Crippen molar-refractivity contribution in [3.8, 4) is 11.5 Å². The lowest BCUT2D eigenvalue weighted by molar-refractivity contribution is -0.128. The number of fused-ring (bicyclic) bond motifs is 4. The van der Waals surface area contributed by atoms with Crippen molar-refractivity contribution in [2.45, 2.75) is 12.5 Å². The number of hydrogen-bond donors (Lipinski definition) is 2. The molecule has 2 amide bonds. The molecular weight excluding hydrogens is 384 g/mol. The van der Waals surface area contributed by atoms with E-state index in [-0.39, 0.29) is 18.2 Å². The van der Waals surface area contributed by atoms with Crippen LogP contribution in [0.2, 0.25) is 0 Å². The highest BCUT2D eigenvalue weighted by Crippen LogP contribution is 2.36. The Bertz CT molecular complexity index is 1290. The topological polar surface area (TPSA) is 89.8 Å². The van der Waals surface area contributed by atoms with Crippen LogP contribution in [0.4, 0.5) is 11.4 Å². The van der Waals surface area contributed by atoms with Crippen molar-refractivity contribution in [3.63, 3.8) is 0 Å². The van der Waals surface area contributed by atoms with Gasteiger partial charge in [-0.15, -0.1) is 0 Å². The van der Waals surface area contributed by atoms with Crippen LogP contribution >= 0.6 is 0 Å². The molecule has 0 aliphatic carbocycles. The van der Waals surface area contributed by atoms with Gasteiger partial charge in [-0.2, -0.15) is 0 Å². The summed E-state index contributed by atoms with van der Waals surface area (Å²) in [5, 5.41) is 7.43. The molecule has 1 aliphatic heterocycles. The number of benzene rings is 3. The van der Waals surface area contributed by atoms with E-state index in [0.717, 1.165) is 16.4 Å². The number of anilines is 2. The molecule has 1 atom stereocenters. The molecule has 1 aromatic heterocycles. The van der Waals surface area contributed by atoms with Crippen LogP contribution in [0.5, 0.6) is 11.5 Å². The van der Waals surface area contributed by atoms with Crippen LogP contribution in [-0.2, 0) is 9.59 Å². The van der Waals surface area contributed by atoms with E-state index in [2.05, 4.69) is 10.6 Å². The highest BCUT2D eigenvalue weighted by molar-refractivity contribution is 6.08. The third-order valence-electron chi connectivity index (χ3n) is 5.05. The summed E-state index contributed by atoms with van der Waals surface area (Å²) >= 11 is 0. The SMILES string of the molecule is COc1cc2c(cc1NC(=O)C[C@H]1Oc3ccccc3NC1=O)oc1ccccc12. The van der Waals surface area contributed by atoms with Gasteiger partial charge in [0.1, 0.15) is 22.7 Å². The molecule has 0 radical (unpaired) electrons. The fourth-order valence-corrected chi connectivity index (χ4v) is 3.61. The first-order valence-corrected chi connectivity index (χ1v) is 9.48. The van der Waals surface area contributed by atoms with Gasteiger partial charge >= 0.3 is 0 Å². The predicted octanol–water partition coefficient (Wildman–Crippen LogP) is 4.32. The van der Waals surface area contributed by atoms with E-state index in [1.54, 1.807) is 30.3 Å². The Morgan fingerprint density at radius 2 is 1.87 bits per heavy atom. The highest BCUT2D eigenvalue weighted by atomic mass is 16.5. The normalized spacial score (nSPS) is 15.4. The summed E-state index contributed by atoms with van der Waals surface area (Å²) in [5.74, 6) is 0.310. The Morgan fingerprint density at radius 1 is 1.07 bits per heavy atom. The van der Waals surface area contributed by atoms with Crippen LogP contribution in [0.15, 0.2) is 65.1 Å². The smallest absolute Gasteiger partial charge is 0.266 e. The predicted molar refractivity (Wildman–Crippen MR) is 113 cm³/mol. The van der Waals surface area contributed by atoms with Crippen LogP contribution in [0.3, 0.4) is 0 Å². The van der Waals surface area contributed by atoms with Crippen molar-refractivity contribution in [1.82, 2.24) is 0 Å². The molecule has 150 valence electrons. The Morgan fingerprint density at radius 3 is 2.73 bits per heavy atom. The lowest BCUT2D eigenvalue weighted by atomic mass is 10.1. The number of carbonyl (C=O) groups is 2. The number of hydrogen-bond acceptors (Lipinski definition) is 5. The molecule has 30 heavy (non-hydrogen) atoms. The zero-order valence-electron chi connectivity index (χ0n) is 16.1. The largest absolute Gasteiger partial charge is 0.495 e. The van der Waals surface area contributed by atoms with E-state index in [0.29, 0.717) is 28.5 Å². The minimum Gasteiger partial charge on any atom is -0.495 e. The number of methoxy groups -OCH3 is 1. The van der Waals surface area contributed by atoms with Gasteiger partial charge < -0.3 is 24.5 Å². The summed E-state index contributed by atoms with van der Waals surface area (Å²) in [5.41, 5.74) is 2.44. The molecule has 2 N–H and O–H groups in total. The molecule has 4 aromatic rings. The number of rotatable bonds is 4. The maximum absolute atomic E-state index is 12.7. The molecule has 2 heterocycles. The summed E-state index contributed by atoms with van der Waals surface area (Å²) in [6.45, 7) is 0. The van der Waals surface area contributed by atoms with E-state index in [1.165, 1.54) is 7.11 Å². The lowest BCUT2D eigenvalue weighted by Gasteiger charge is -2.25. The summed E-state index contributed by atoms with van der Waals surface area (Å²) in [6.07, 6.45) is -1.05. The van der Waals surface area contributed by atoms with E-state index in [9.17, 15) is 9.59 Å². The third kappa shape index (κ3) is 3.10. The van der Waals surface area contributed by atoms with Crippen molar-refractivity contribution < 1.29 is 23.5 Å². The quantitative estimate of drug-likeness (QED) is 0.531. The van der Waals surface area contributed by atoms with E-state index >= 15 is 0 Å². The Labute approximate surface area is 171 Å². The van der Waals surface area contributed by atoms with Gasteiger partial charge in [-0.3, -0.25) is 9.59 Å². The molecule has 3 aromatic carbocycles. The molecule has 7 heteroatoms. The zero-order chi connectivity index (χ0) is 20.7. The Balaban J connectivity index is 1.39. The number of furan rings is 1. The van der Waals surface area contributed by atoms with Gasteiger partial charge in [0.05, 0.1) is 24.9 Å².